The summed E-state index contributed by atoms with van der Waals surface area (Å²) < 4.78 is 0. The van der Waals surface area contributed by atoms with Gasteiger partial charge in [-0.15, -0.1) is 0 Å². The molecule has 1 aliphatic rings. The summed E-state index contributed by atoms with van der Waals surface area (Å²) in [6.07, 6.45) is 4.34. The number of hydrogen-bond donors (Lipinski definition) is 2. The van der Waals surface area contributed by atoms with Crippen molar-refractivity contribution in [3.05, 3.63) is 0 Å². The average Bonchev–Trinajstić information content (AvgIpc) is 2.47. The number of likely N-dealkylation sites (N-methyl/N-ethyl adjacent to an activating group) is 1. The van der Waals surface area contributed by atoms with Crippen molar-refractivity contribution < 1.29 is 9.90 Å². The van der Waals surface area contributed by atoms with Gasteiger partial charge in [0.05, 0.1) is 0 Å². The van der Waals surface area contributed by atoms with Gasteiger partial charge in [-0.3, -0.25) is 4.79 Å². The van der Waals surface area contributed by atoms with Gasteiger partial charge in [-0.2, -0.15) is 0 Å². The fourth-order valence-corrected chi connectivity index (χ4v) is 2.42. The Hall–Kier alpha value is -0.610. The van der Waals surface area contributed by atoms with Crippen molar-refractivity contribution in [2.75, 3.05) is 26.7 Å². The molecule has 0 aromatic rings. The SMILES string of the molecule is CNC(C)(CCN1CCCC(C)(C)CC1)C(=O)O. The molecule has 2 N–H and O–H groups in total. The molecule has 1 aliphatic heterocycles. The number of nitrogens with one attached hydrogen (secondary N) is 1. The number of rotatable bonds is 5. The van der Waals surface area contributed by atoms with E-state index in [0.29, 0.717) is 11.8 Å². The van der Waals surface area contributed by atoms with Gasteiger partial charge < -0.3 is 15.3 Å². The van der Waals surface area contributed by atoms with Crippen LogP contribution in [0.15, 0.2) is 0 Å². The van der Waals surface area contributed by atoms with Gasteiger partial charge >= 0.3 is 5.97 Å². The van der Waals surface area contributed by atoms with Crippen LogP contribution in [0.25, 0.3) is 0 Å². The molecule has 0 aromatic heterocycles. The number of carboxylic acids is 1. The molecule has 106 valence electrons. The summed E-state index contributed by atoms with van der Waals surface area (Å²) in [7, 11) is 1.72. The second-order valence-electron chi connectivity index (χ2n) is 6.50. The molecule has 0 saturated carbocycles. The van der Waals surface area contributed by atoms with Crippen molar-refractivity contribution >= 4 is 5.97 Å². The second kappa shape index (κ2) is 6.02. The normalized spacial score (nSPS) is 24.2. The molecular weight excluding hydrogens is 228 g/mol. The maximum absolute atomic E-state index is 11.2. The van der Waals surface area contributed by atoms with Crippen LogP contribution in [0.4, 0.5) is 0 Å². The van der Waals surface area contributed by atoms with Crippen LogP contribution in [0.3, 0.4) is 0 Å². The first kappa shape index (κ1) is 15.4. The van der Waals surface area contributed by atoms with Gasteiger partial charge in [-0.1, -0.05) is 13.8 Å². The van der Waals surface area contributed by atoms with Gasteiger partial charge in [0.2, 0.25) is 0 Å². The van der Waals surface area contributed by atoms with Gasteiger partial charge in [0.15, 0.2) is 0 Å². The highest BCUT2D eigenvalue weighted by molar-refractivity contribution is 5.78. The zero-order chi connectivity index (χ0) is 13.8. The minimum absolute atomic E-state index is 0.438. The zero-order valence-electron chi connectivity index (χ0n) is 12.3. The van der Waals surface area contributed by atoms with E-state index in [-0.39, 0.29) is 0 Å². The third kappa shape index (κ3) is 4.25. The largest absolute Gasteiger partial charge is 0.480 e. The number of nitrogens with zero attached hydrogens (tertiary/aromatic N) is 1. The molecule has 1 rings (SSSR count). The summed E-state index contributed by atoms with van der Waals surface area (Å²) in [5.41, 5.74) is -0.365. The molecule has 4 nitrogen and oxygen atoms in total. The van der Waals surface area contributed by atoms with E-state index in [4.69, 9.17) is 0 Å². The number of carboxylic acid groups (broad SMARTS) is 1. The Morgan fingerprint density at radius 3 is 2.61 bits per heavy atom. The topological polar surface area (TPSA) is 52.6 Å². The van der Waals surface area contributed by atoms with Gasteiger partial charge in [-0.05, 0) is 58.2 Å². The predicted octanol–water partition coefficient (Wildman–Crippen LogP) is 1.95. The molecule has 0 spiro atoms. The highest BCUT2D eigenvalue weighted by Gasteiger charge is 2.32. The van der Waals surface area contributed by atoms with Crippen molar-refractivity contribution in [2.45, 2.75) is 52.0 Å². The fraction of sp³-hybridized carbons (Fsp3) is 0.929. The minimum Gasteiger partial charge on any atom is -0.480 e. The fourth-order valence-electron chi connectivity index (χ4n) is 2.42. The van der Waals surface area contributed by atoms with Gasteiger partial charge in [0.1, 0.15) is 5.54 Å². The summed E-state index contributed by atoms with van der Waals surface area (Å²) in [5, 5.41) is 12.1. The Kier molecular flexibility index (Phi) is 5.17. The summed E-state index contributed by atoms with van der Waals surface area (Å²) in [6.45, 7) is 9.46. The molecule has 1 heterocycles. The molecule has 0 amide bonds. The monoisotopic (exact) mass is 256 g/mol. The molecule has 0 aliphatic carbocycles. The van der Waals surface area contributed by atoms with Crippen LogP contribution in [0.5, 0.6) is 0 Å². The van der Waals surface area contributed by atoms with Crippen LogP contribution in [-0.2, 0) is 4.79 Å². The zero-order valence-corrected chi connectivity index (χ0v) is 12.3. The molecule has 1 unspecified atom stereocenters. The van der Waals surface area contributed by atoms with E-state index < -0.39 is 11.5 Å². The van der Waals surface area contributed by atoms with Gasteiger partial charge in [0, 0.05) is 6.54 Å². The minimum atomic E-state index is -0.804. The van der Waals surface area contributed by atoms with Crippen molar-refractivity contribution in [1.29, 1.82) is 0 Å². The first-order valence-corrected chi connectivity index (χ1v) is 6.94. The molecule has 1 atom stereocenters. The van der Waals surface area contributed by atoms with E-state index in [1.54, 1.807) is 14.0 Å². The van der Waals surface area contributed by atoms with Crippen LogP contribution in [0.1, 0.15) is 46.5 Å². The summed E-state index contributed by atoms with van der Waals surface area (Å²) >= 11 is 0. The van der Waals surface area contributed by atoms with E-state index in [2.05, 4.69) is 24.1 Å². The summed E-state index contributed by atoms with van der Waals surface area (Å²) in [4.78, 5) is 13.6. The maximum Gasteiger partial charge on any atom is 0.323 e. The Morgan fingerprint density at radius 1 is 1.39 bits per heavy atom. The molecule has 18 heavy (non-hydrogen) atoms. The lowest BCUT2D eigenvalue weighted by molar-refractivity contribution is -0.144. The van der Waals surface area contributed by atoms with Crippen LogP contribution in [0.2, 0.25) is 0 Å². The molecule has 0 bridgehead atoms. The molecule has 0 aromatic carbocycles. The van der Waals surface area contributed by atoms with Crippen molar-refractivity contribution in [3.8, 4) is 0 Å². The van der Waals surface area contributed by atoms with E-state index in [9.17, 15) is 9.90 Å². The Morgan fingerprint density at radius 2 is 2.06 bits per heavy atom. The lowest BCUT2D eigenvalue weighted by Gasteiger charge is -2.28. The molecule has 1 saturated heterocycles. The Balaban J connectivity index is 2.46. The first-order valence-electron chi connectivity index (χ1n) is 6.94. The number of carbonyl (C=O) groups is 1. The molecule has 0 radical (unpaired) electrons. The van der Waals surface area contributed by atoms with Crippen LogP contribution >= 0.6 is 0 Å². The van der Waals surface area contributed by atoms with E-state index >= 15 is 0 Å². The third-order valence-electron chi connectivity index (χ3n) is 4.38. The highest BCUT2D eigenvalue weighted by atomic mass is 16.4. The van der Waals surface area contributed by atoms with Gasteiger partial charge in [-0.25, -0.2) is 0 Å². The van der Waals surface area contributed by atoms with Crippen molar-refractivity contribution in [3.63, 3.8) is 0 Å². The van der Waals surface area contributed by atoms with Crippen molar-refractivity contribution in [1.82, 2.24) is 10.2 Å². The number of hydrogen-bond acceptors (Lipinski definition) is 3. The first-order chi connectivity index (χ1) is 8.29. The Labute approximate surface area is 111 Å². The highest BCUT2D eigenvalue weighted by Crippen LogP contribution is 2.29. The van der Waals surface area contributed by atoms with E-state index in [1.165, 1.54) is 19.3 Å². The summed E-state index contributed by atoms with van der Waals surface area (Å²) in [6, 6.07) is 0. The lowest BCUT2D eigenvalue weighted by Crippen LogP contribution is -2.49. The molecule has 1 fully saturated rings. The lowest BCUT2D eigenvalue weighted by atomic mass is 9.85. The smallest absolute Gasteiger partial charge is 0.323 e. The van der Waals surface area contributed by atoms with Crippen LogP contribution in [-0.4, -0.2) is 48.2 Å². The predicted molar refractivity (Wildman–Crippen MR) is 73.8 cm³/mol. The average molecular weight is 256 g/mol. The summed E-state index contributed by atoms with van der Waals surface area (Å²) in [5.74, 6) is -0.764. The van der Waals surface area contributed by atoms with Crippen LogP contribution in [0, 0.1) is 5.41 Å². The standard InChI is InChI=1S/C14H28N2O2/c1-13(2)6-5-9-16(10-7-13)11-8-14(3,15-4)12(17)18/h15H,5-11H2,1-4H3,(H,17,18). The van der Waals surface area contributed by atoms with Gasteiger partial charge in [0.25, 0.3) is 0 Å². The quantitative estimate of drug-likeness (QED) is 0.789. The maximum atomic E-state index is 11.2. The van der Waals surface area contributed by atoms with E-state index in [1.807, 2.05) is 0 Å². The van der Waals surface area contributed by atoms with Crippen LogP contribution < -0.4 is 5.32 Å². The number of aliphatic carboxylic acids is 1. The molecule has 4 heteroatoms. The third-order valence-corrected chi connectivity index (χ3v) is 4.38. The second-order valence-corrected chi connectivity index (χ2v) is 6.50. The molecular formula is C14H28N2O2. The van der Waals surface area contributed by atoms with E-state index in [0.717, 1.165) is 19.6 Å². The van der Waals surface area contributed by atoms with Crippen molar-refractivity contribution in [2.24, 2.45) is 5.41 Å². The Bertz CT molecular complexity index is 292. The number of likely N-dealkylation sites (tertiary alicyclic amines) is 1.